The van der Waals surface area contributed by atoms with Crippen LogP contribution in [-0.2, 0) is 15.9 Å². The molecule has 0 unspecified atom stereocenters. The van der Waals surface area contributed by atoms with E-state index in [-0.39, 0.29) is 0 Å². The van der Waals surface area contributed by atoms with E-state index in [1.807, 2.05) is 19.9 Å². The zero-order valence-electron chi connectivity index (χ0n) is 11.8. The van der Waals surface area contributed by atoms with Gasteiger partial charge >= 0.3 is 0 Å². The van der Waals surface area contributed by atoms with Crippen molar-refractivity contribution in [3.05, 3.63) is 29.3 Å². The van der Waals surface area contributed by atoms with Crippen molar-refractivity contribution in [3.63, 3.8) is 0 Å². The van der Waals surface area contributed by atoms with Gasteiger partial charge in [-0.2, -0.15) is 4.31 Å². The fraction of sp³-hybridized carbons (Fsp3) is 0.571. The van der Waals surface area contributed by atoms with Crippen LogP contribution in [0.4, 0.5) is 0 Å². The fourth-order valence-electron chi connectivity index (χ4n) is 2.01. The number of nitrogens with zero attached hydrogens (tertiary/aromatic N) is 1. The van der Waals surface area contributed by atoms with Crippen molar-refractivity contribution < 1.29 is 8.42 Å². The average molecular weight is 304 g/mol. The standard InChI is InChI=1S/C14H22ClNO2S/c1-4-6-10-16(5-2)19(17,18)14-9-7-8-13(11-15)12(14)3/h7-9H,4-6,10-11H2,1-3H3. The van der Waals surface area contributed by atoms with E-state index in [1.165, 1.54) is 4.31 Å². The van der Waals surface area contributed by atoms with Gasteiger partial charge in [-0.3, -0.25) is 0 Å². The van der Waals surface area contributed by atoms with Gasteiger partial charge < -0.3 is 0 Å². The molecule has 1 aromatic rings. The topological polar surface area (TPSA) is 37.4 Å². The van der Waals surface area contributed by atoms with Crippen LogP contribution in [-0.4, -0.2) is 25.8 Å². The van der Waals surface area contributed by atoms with E-state index in [4.69, 9.17) is 11.6 Å². The third kappa shape index (κ3) is 3.71. The minimum atomic E-state index is -3.41. The molecule has 0 aromatic heterocycles. The van der Waals surface area contributed by atoms with Crippen LogP contribution in [0.5, 0.6) is 0 Å². The van der Waals surface area contributed by atoms with Crippen molar-refractivity contribution in [2.45, 2.75) is 44.4 Å². The maximum Gasteiger partial charge on any atom is 0.243 e. The second-order valence-corrected chi connectivity index (χ2v) is 6.70. The molecule has 0 aliphatic heterocycles. The first-order chi connectivity index (χ1) is 8.98. The van der Waals surface area contributed by atoms with Gasteiger partial charge in [-0.05, 0) is 30.5 Å². The Labute approximate surface area is 121 Å². The van der Waals surface area contributed by atoms with E-state index in [0.29, 0.717) is 23.9 Å². The molecule has 108 valence electrons. The number of hydrogen-bond acceptors (Lipinski definition) is 2. The van der Waals surface area contributed by atoms with E-state index in [0.717, 1.165) is 24.0 Å². The van der Waals surface area contributed by atoms with Crippen molar-refractivity contribution in [1.82, 2.24) is 4.31 Å². The second kappa shape index (κ2) is 7.27. The molecule has 0 saturated heterocycles. The smallest absolute Gasteiger partial charge is 0.207 e. The van der Waals surface area contributed by atoms with Gasteiger partial charge in [-0.1, -0.05) is 32.4 Å². The monoisotopic (exact) mass is 303 g/mol. The molecule has 0 saturated carbocycles. The quantitative estimate of drug-likeness (QED) is 0.722. The molecule has 0 atom stereocenters. The molecule has 0 aliphatic carbocycles. The summed E-state index contributed by atoms with van der Waals surface area (Å²) in [6.07, 6.45) is 1.86. The SMILES string of the molecule is CCCCN(CC)S(=O)(=O)c1cccc(CCl)c1C. The molecule has 1 rings (SSSR count). The number of benzene rings is 1. The lowest BCUT2D eigenvalue weighted by Crippen LogP contribution is -2.32. The molecule has 5 heteroatoms. The van der Waals surface area contributed by atoms with Crippen LogP contribution in [0.15, 0.2) is 23.1 Å². The van der Waals surface area contributed by atoms with Crippen LogP contribution in [0.1, 0.15) is 37.8 Å². The molecule has 3 nitrogen and oxygen atoms in total. The van der Waals surface area contributed by atoms with E-state index >= 15 is 0 Å². The number of hydrogen-bond donors (Lipinski definition) is 0. The third-order valence-corrected chi connectivity index (χ3v) is 5.68. The van der Waals surface area contributed by atoms with Crippen LogP contribution in [0, 0.1) is 6.92 Å². The van der Waals surface area contributed by atoms with Crippen LogP contribution in [0.25, 0.3) is 0 Å². The van der Waals surface area contributed by atoms with E-state index in [9.17, 15) is 8.42 Å². The maximum atomic E-state index is 12.6. The highest BCUT2D eigenvalue weighted by Gasteiger charge is 2.24. The molecular formula is C14H22ClNO2S. The summed E-state index contributed by atoms with van der Waals surface area (Å²) in [5.74, 6) is 0.330. The van der Waals surface area contributed by atoms with Crippen LogP contribution in [0.3, 0.4) is 0 Å². The van der Waals surface area contributed by atoms with E-state index in [1.54, 1.807) is 12.1 Å². The summed E-state index contributed by atoms with van der Waals surface area (Å²) in [5.41, 5.74) is 1.63. The Morgan fingerprint density at radius 2 is 1.95 bits per heavy atom. The number of alkyl halides is 1. The van der Waals surface area contributed by atoms with Crippen molar-refractivity contribution in [2.75, 3.05) is 13.1 Å². The highest BCUT2D eigenvalue weighted by molar-refractivity contribution is 7.89. The van der Waals surface area contributed by atoms with E-state index < -0.39 is 10.0 Å². The molecule has 0 aliphatic rings. The number of halogens is 1. The van der Waals surface area contributed by atoms with E-state index in [2.05, 4.69) is 6.92 Å². The Balaban J connectivity index is 3.18. The first-order valence-electron chi connectivity index (χ1n) is 6.63. The molecule has 0 fully saturated rings. The summed E-state index contributed by atoms with van der Waals surface area (Å²) in [4.78, 5) is 0.378. The zero-order valence-corrected chi connectivity index (χ0v) is 13.4. The first kappa shape index (κ1) is 16.5. The minimum Gasteiger partial charge on any atom is -0.207 e. The lowest BCUT2D eigenvalue weighted by molar-refractivity contribution is 0.418. The largest absolute Gasteiger partial charge is 0.243 e. The van der Waals surface area contributed by atoms with Gasteiger partial charge in [0.15, 0.2) is 0 Å². The highest BCUT2D eigenvalue weighted by atomic mass is 35.5. The second-order valence-electron chi connectivity index (χ2n) is 4.52. The summed E-state index contributed by atoms with van der Waals surface area (Å²) >= 11 is 5.84. The van der Waals surface area contributed by atoms with Crippen molar-refractivity contribution >= 4 is 21.6 Å². The maximum absolute atomic E-state index is 12.6. The van der Waals surface area contributed by atoms with Crippen molar-refractivity contribution in [3.8, 4) is 0 Å². The summed E-state index contributed by atoms with van der Waals surface area (Å²) in [6.45, 7) is 6.80. The molecule has 19 heavy (non-hydrogen) atoms. The van der Waals surface area contributed by atoms with Crippen LogP contribution in [0.2, 0.25) is 0 Å². The Kier molecular flexibility index (Phi) is 6.30. The summed E-state index contributed by atoms with van der Waals surface area (Å²) in [6, 6.07) is 5.28. The fourth-order valence-corrected chi connectivity index (χ4v) is 4.05. The van der Waals surface area contributed by atoms with Gasteiger partial charge in [0.2, 0.25) is 10.0 Å². The third-order valence-electron chi connectivity index (χ3n) is 3.27. The molecule has 0 N–H and O–H groups in total. The van der Waals surface area contributed by atoms with Gasteiger partial charge in [-0.25, -0.2) is 8.42 Å². The van der Waals surface area contributed by atoms with Gasteiger partial charge in [0.25, 0.3) is 0 Å². The summed E-state index contributed by atoms with van der Waals surface area (Å²) in [7, 11) is -3.41. The Morgan fingerprint density at radius 3 is 2.47 bits per heavy atom. The van der Waals surface area contributed by atoms with Crippen LogP contribution < -0.4 is 0 Å². The lowest BCUT2D eigenvalue weighted by Gasteiger charge is -2.22. The Morgan fingerprint density at radius 1 is 1.26 bits per heavy atom. The van der Waals surface area contributed by atoms with Gasteiger partial charge in [0.1, 0.15) is 0 Å². The molecule has 0 spiro atoms. The predicted molar refractivity (Wildman–Crippen MR) is 80.1 cm³/mol. The molecular weight excluding hydrogens is 282 g/mol. The Hall–Kier alpha value is -0.580. The molecule has 0 amide bonds. The van der Waals surface area contributed by atoms with Crippen molar-refractivity contribution in [1.29, 1.82) is 0 Å². The molecule has 0 bridgehead atoms. The molecule has 0 heterocycles. The van der Waals surface area contributed by atoms with Gasteiger partial charge in [0.05, 0.1) is 4.90 Å². The number of rotatable bonds is 7. The summed E-state index contributed by atoms with van der Waals surface area (Å²) < 4.78 is 26.8. The number of sulfonamides is 1. The Bertz CT molecular complexity index is 514. The normalized spacial score (nSPS) is 12.1. The lowest BCUT2D eigenvalue weighted by atomic mass is 10.1. The highest BCUT2D eigenvalue weighted by Crippen LogP contribution is 2.23. The average Bonchev–Trinajstić information content (AvgIpc) is 2.39. The summed E-state index contributed by atoms with van der Waals surface area (Å²) in [5, 5.41) is 0. The molecule has 0 radical (unpaired) electrons. The van der Waals surface area contributed by atoms with Crippen LogP contribution >= 0.6 is 11.6 Å². The predicted octanol–water partition coefficient (Wildman–Crippen LogP) is 3.54. The van der Waals surface area contributed by atoms with Crippen molar-refractivity contribution in [2.24, 2.45) is 0 Å². The zero-order chi connectivity index (χ0) is 14.5. The first-order valence-corrected chi connectivity index (χ1v) is 8.61. The minimum absolute atomic E-state index is 0.330. The van der Waals surface area contributed by atoms with Gasteiger partial charge in [-0.15, -0.1) is 11.6 Å². The molecule has 1 aromatic carbocycles. The van der Waals surface area contributed by atoms with Gasteiger partial charge in [0, 0.05) is 19.0 Å². The number of unbranched alkanes of at least 4 members (excludes halogenated alkanes) is 1.